The Balaban J connectivity index is 2.25. The van der Waals surface area contributed by atoms with Crippen LogP contribution in [0, 0.1) is 0 Å². The van der Waals surface area contributed by atoms with Gasteiger partial charge in [-0.2, -0.15) is 0 Å². The Morgan fingerprint density at radius 3 is 2.50 bits per heavy atom. The molecule has 0 amide bonds. The van der Waals surface area contributed by atoms with E-state index in [4.69, 9.17) is 0 Å². The minimum atomic E-state index is -3.94. The maximum atomic E-state index is 11.9. The quantitative estimate of drug-likeness (QED) is 0.814. The number of para-hydroxylation sites is 1. The third kappa shape index (κ3) is 2.71. The average molecular weight is 289 g/mol. The highest BCUT2D eigenvalue weighted by molar-refractivity contribution is 7.94. The molecule has 0 saturated heterocycles. The Morgan fingerprint density at radius 2 is 1.94 bits per heavy atom. The van der Waals surface area contributed by atoms with Gasteiger partial charge in [0.05, 0.1) is 11.8 Å². The van der Waals surface area contributed by atoms with Crippen molar-refractivity contribution in [2.75, 3.05) is 5.75 Å². The van der Waals surface area contributed by atoms with Crippen molar-refractivity contribution in [2.45, 2.75) is 10.9 Å². The van der Waals surface area contributed by atoms with Crippen molar-refractivity contribution in [1.82, 2.24) is 4.72 Å². The van der Waals surface area contributed by atoms with Crippen LogP contribution in [-0.4, -0.2) is 33.7 Å². The molecule has 18 heavy (non-hydrogen) atoms. The number of phenols is 1. The predicted molar refractivity (Wildman–Crippen MR) is 65.1 cm³/mol. The first kappa shape index (κ1) is 13.1. The van der Waals surface area contributed by atoms with Crippen LogP contribution in [0.1, 0.15) is 0 Å². The number of aromatic hydroxyl groups is 1. The molecule has 0 spiro atoms. The van der Waals surface area contributed by atoms with Gasteiger partial charge in [0.2, 0.25) is 10.0 Å². The number of nitrogens with one attached hydrogen (secondary N) is 1. The Bertz CT molecular complexity index is 691. The maximum Gasteiger partial charge on any atom is 0.244 e. The second-order valence-electron chi connectivity index (χ2n) is 3.85. The van der Waals surface area contributed by atoms with Gasteiger partial charge in [0, 0.05) is 5.41 Å². The molecular formula is C10H11NO5S2. The van der Waals surface area contributed by atoms with Crippen LogP contribution in [-0.2, 0) is 19.9 Å². The van der Waals surface area contributed by atoms with Crippen LogP contribution in [0.25, 0.3) is 0 Å². The summed E-state index contributed by atoms with van der Waals surface area (Å²) in [6.07, 6.45) is 1.27. The summed E-state index contributed by atoms with van der Waals surface area (Å²) in [5.74, 6) is -0.686. The molecule has 1 aliphatic heterocycles. The lowest BCUT2D eigenvalue weighted by molar-refractivity contribution is 0.457. The molecule has 6 nitrogen and oxygen atoms in total. The second kappa shape index (κ2) is 4.38. The van der Waals surface area contributed by atoms with Gasteiger partial charge in [-0.15, -0.1) is 0 Å². The largest absolute Gasteiger partial charge is 0.507 e. The topological polar surface area (TPSA) is 101 Å². The summed E-state index contributed by atoms with van der Waals surface area (Å²) in [6, 6.07) is 4.64. The van der Waals surface area contributed by atoms with Crippen LogP contribution in [0.4, 0.5) is 0 Å². The lowest BCUT2D eigenvalue weighted by Crippen LogP contribution is -2.35. The van der Waals surface area contributed by atoms with Gasteiger partial charge in [-0.3, -0.25) is 0 Å². The van der Waals surface area contributed by atoms with Crippen molar-refractivity contribution in [3.8, 4) is 5.75 Å². The smallest absolute Gasteiger partial charge is 0.244 e. The van der Waals surface area contributed by atoms with Crippen LogP contribution in [0.3, 0.4) is 0 Å². The molecule has 0 fully saturated rings. The zero-order valence-corrected chi connectivity index (χ0v) is 10.8. The molecule has 1 unspecified atom stereocenters. The summed E-state index contributed by atoms with van der Waals surface area (Å²) in [5.41, 5.74) is 0. The number of hydrogen-bond donors (Lipinski definition) is 2. The Kier molecular flexibility index (Phi) is 3.18. The first-order valence-corrected chi connectivity index (χ1v) is 8.21. The van der Waals surface area contributed by atoms with E-state index in [1.807, 2.05) is 0 Å². The molecule has 0 aliphatic carbocycles. The minimum absolute atomic E-state index is 0.275. The molecule has 1 aliphatic rings. The fraction of sp³-hybridized carbons (Fsp3) is 0.200. The van der Waals surface area contributed by atoms with Gasteiger partial charge in [0.15, 0.2) is 9.84 Å². The van der Waals surface area contributed by atoms with Crippen molar-refractivity contribution in [3.05, 3.63) is 35.7 Å². The number of rotatable bonds is 3. The van der Waals surface area contributed by atoms with Crippen LogP contribution in [0.15, 0.2) is 40.6 Å². The summed E-state index contributed by atoms with van der Waals surface area (Å²) < 4.78 is 48.4. The lowest BCUT2D eigenvalue weighted by atomic mass is 10.3. The van der Waals surface area contributed by atoms with Gasteiger partial charge in [-0.25, -0.2) is 21.6 Å². The Morgan fingerprint density at radius 1 is 1.28 bits per heavy atom. The van der Waals surface area contributed by atoms with Gasteiger partial charge in [0.1, 0.15) is 10.6 Å². The van der Waals surface area contributed by atoms with Crippen molar-refractivity contribution >= 4 is 19.9 Å². The fourth-order valence-corrected chi connectivity index (χ4v) is 4.23. The molecule has 0 radical (unpaired) electrons. The van der Waals surface area contributed by atoms with Gasteiger partial charge < -0.3 is 5.11 Å². The van der Waals surface area contributed by atoms with Crippen LogP contribution in [0.2, 0.25) is 0 Å². The van der Waals surface area contributed by atoms with E-state index in [0.717, 1.165) is 5.41 Å². The van der Waals surface area contributed by atoms with E-state index in [2.05, 4.69) is 4.72 Å². The number of sulfone groups is 1. The van der Waals surface area contributed by atoms with Gasteiger partial charge in [-0.1, -0.05) is 18.2 Å². The molecule has 1 aromatic carbocycles. The molecule has 2 rings (SSSR count). The highest BCUT2D eigenvalue weighted by Gasteiger charge is 2.27. The van der Waals surface area contributed by atoms with Gasteiger partial charge >= 0.3 is 0 Å². The molecule has 0 saturated carbocycles. The van der Waals surface area contributed by atoms with E-state index in [0.29, 0.717) is 0 Å². The minimum Gasteiger partial charge on any atom is -0.507 e. The lowest BCUT2D eigenvalue weighted by Gasteiger charge is -2.11. The third-order valence-corrected chi connectivity index (χ3v) is 5.32. The molecule has 1 heterocycles. The summed E-state index contributed by atoms with van der Waals surface area (Å²) in [6.45, 7) is 0. The normalized spacial score (nSPS) is 22.1. The van der Waals surface area contributed by atoms with E-state index < -0.39 is 25.9 Å². The van der Waals surface area contributed by atoms with E-state index in [1.54, 1.807) is 0 Å². The molecule has 2 N–H and O–H groups in total. The molecule has 1 atom stereocenters. The second-order valence-corrected chi connectivity index (χ2v) is 7.47. The highest BCUT2D eigenvalue weighted by Crippen LogP contribution is 2.22. The summed E-state index contributed by atoms with van der Waals surface area (Å²) in [4.78, 5) is -0.275. The van der Waals surface area contributed by atoms with Gasteiger partial charge in [0.25, 0.3) is 0 Å². The number of phenolic OH excluding ortho intramolecular Hbond substituents is 1. The van der Waals surface area contributed by atoms with Crippen LogP contribution >= 0.6 is 0 Å². The van der Waals surface area contributed by atoms with Crippen molar-refractivity contribution in [3.63, 3.8) is 0 Å². The Labute approximate surface area is 105 Å². The molecule has 98 valence electrons. The van der Waals surface area contributed by atoms with E-state index in [9.17, 15) is 21.9 Å². The van der Waals surface area contributed by atoms with E-state index in [1.165, 1.54) is 30.3 Å². The molecule has 1 aromatic rings. The zero-order valence-electron chi connectivity index (χ0n) is 9.15. The molecule has 0 aromatic heterocycles. The maximum absolute atomic E-state index is 11.9. The monoisotopic (exact) mass is 289 g/mol. The first-order valence-electron chi connectivity index (χ1n) is 5.01. The molecule has 8 heteroatoms. The average Bonchev–Trinajstić information content (AvgIpc) is 2.57. The summed E-state index contributed by atoms with van der Waals surface area (Å²) >= 11 is 0. The summed E-state index contributed by atoms with van der Waals surface area (Å²) in [7, 11) is -7.27. The molecular weight excluding hydrogens is 278 g/mol. The zero-order chi connectivity index (χ0) is 13.4. The Hall–Kier alpha value is -1.38. The van der Waals surface area contributed by atoms with E-state index in [-0.39, 0.29) is 16.4 Å². The van der Waals surface area contributed by atoms with Crippen molar-refractivity contribution in [1.29, 1.82) is 0 Å². The standard InChI is InChI=1S/C10H11NO5S2/c12-9-3-1-2-4-10(9)18(15,16)11-8-5-6-17(13,14)7-8/h1-6,8,11-12H,7H2. The van der Waals surface area contributed by atoms with Crippen LogP contribution < -0.4 is 4.72 Å². The number of benzene rings is 1. The highest BCUT2D eigenvalue weighted by atomic mass is 32.2. The fourth-order valence-electron chi connectivity index (χ4n) is 1.60. The first-order chi connectivity index (χ1) is 8.30. The number of hydrogen-bond acceptors (Lipinski definition) is 5. The SMILES string of the molecule is O=S1(=O)C=CC(NS(=O)(=O)c2ccccc2O)C1. The van der Waals surface area contributed by atoms with E-state index >= 15 is 0 Å². The van der Waals surface area contributed by atoms with Crippen molar-refractivity contribution in [2.24, 2.45) is 0 Å². The third-order valence-electron chi connectivity index (χ3n) is 2.39. The van der Waals surface area contributed by atoms with Crippen molar-refractivity contribution < 1.29 is 21.9 Å². The number of sulfonamides is 1. The summed E-state index contributed by atoms with van der Waals surface area (Å²) in [5, 5.41) is 10.4. The predicted octanol–water partition coefficient (Wildman–Crippen LogP) is -0.0188. The van der Waals surface area contributed by atoms with Crippen LogP contribution in [0.5, 0.6) is 5.75 Å². The molecule has 0 bridgehead atoms. The van der Waals surface area contributed by atoms with Gasteiger partial charge in [-0.05, 0) is 12.1 Å².